The van der Waals surface area contributed by atoms with Gasteiger partial charge in [-0.05, 0) is 42.5 Å². The summed E-state index contributed by atoms with van der Waals surface area (Å²) in [6.45, 7) is 2.64. The number of rotatable bonds is 4. The van der Waals surface area contributed by atoms with Crippen molar-refractivity contribution < 1.29 is 14.3 Å². The summed E-state index contributed by atoms with van der Waals surface area (Å²) in [6.07, 6.45) is 0.999. The van der Waals surface area contributed by atoms with Crippen molar-refractivity contribution in [2.24, 2.45) is 4.99 Å². The number of methoxy groups -OCH3 is 1. The topological polar surface area (TPSA) is 83.0 Å². The molecule has 0 bridgehead atoms. The fourth-order valence-electron chi connectivity index (χ4n) is 4.59. The summed E-state index contributed by atoms with van der Waals surface area (Å²) < 4.78 is 5.11. The van der Waals surface area contributed by atoms with E-state index in [-0.39, 0.29) is 12.1 Å². The predicted molar refractivity (Wildman–Crippen MR) is 142 cm³/mol. The van der Waals surface area contributed by atoms with Gasteiger partial charge in [-0.1, -0.05) is 60.3 Å². The second-order valence-electron chi connectivity index (χ2n) is 8.41. The Hall–Kier alpha value is -3.78. The number of carbonyl (C=O) groups excluding carboxylic acids is 2. The lowest BCUT2D eigenvalue weighted by atomic mass is 9.94. The van der Waals surface area contributed by atoms with Crippen molar-refractivity contribution in [3.63, 3.8) is 0 Å². The molecule has 0 spiro atoms. The van der Waals surface area contributed by atoms with Crippen molar-refractivity contribution in [1.29, 1.82) is 0 Å². The van der Waals surface area contributed by atoms with Gasteiger partial charge in [-0.25, -0.2) is 14.6 Å². The van der Waals surface area contributed by atoms with Crippen LogP contribution in [0.3, 0.4) is 0 Å². The molecule has 0 aromatic heterocycles. The third-order valence-corrected chi connectivity index (χ3v) is 7.24. The number of thioether (sulfide) groups is 1. The number of amides is 2. The molecule has 7 nitrogen and oxygen atoms in total. The number of fused-ring (bicyclic) bond motifs is 2. The molecule has 8 heteroatoms. The van der Waals surface area contributed by atoms with Crippen LogP contribution >= 0.6 is 11.8 Å². The maximum Gasteiger partial charge on any atom is 0.338 e. The number of anilines is 2. The Labute approximate surface area is 208 Å². The Balaban J connectivity index is 1.42. The number of urea groups is 1. The zero-order valence-electron chi connectivity index (χ0n) is 19.6. The van der Waals surface area contributed by atoms with Gasteiger partial charge in [0.25, 0.3) is 0 Å². The predicted octanol–water partition coefficient (Wildman–Crippen LogP) is 5.78. The van der Waals surface area contributed by atoms with Crippen LogP contribution in [-0.4, -0.2) is 41.5 Å². The van der Waals surface area contributed by atoms with Crippen LogP contribution in [0.15, 0.2) is 83.0 Å². The van der Waals surface area contributed by atoms with Crippen molar-refractivity contribution in [2.75, 3.05) is 30.0 Å². The molecule has 3 aromatic carbocycles. The lowest BCUT2D eigenvalue weighted by Crippen LogP contribution is -2.42. The van der Waals surface area contributed by atoms with E-state index >= 15 is 0 Å². The molecule has 2 heterocycles. The van der Waals surface area contributed by atoms with Gasteiger partial charge in [0.1, 0.15) is 0 Å². The van der Waals surface area contributed by atoms with Crippen LogP contribution in [0.4, 0.5) is 16.2 Å². The van der Waals surface area contributed by atoms with E-state index in [0.717, 1.165) is 45.9 Å². The summed E-state index contributed by atoms with van der Waals surface area (Å²) in [4.78, 5) is 32.5. The number of ether oxygens (including phenoxy) is 1. The number of amidine groups is 1. The molecule has 35 heavy (non-hydrogen) atoms. The normalized spacial score (nSPS) is 17.5. The number of carbonyl (C=O) groups is 2. The van der Waals surface area contributed by atoms with Crippen LogP contribution in [0.5, 0.6) is 0 Å². The Bertz CT molecular complexity index is 1360. The van der Waals surface area contributed by atoms with Crippen LogP contribution in [0.1, 0.15) is 24.9 Å². The van der Waals surface area contributed by atoms with Gasteiger partial charge < -0.3 is 20.3 Å². The molecule has 2 N–H and O–H groups in total. The fourth-order valence-corrected chi connectivity index (χ4v) is 5.61. The maximum atomic E-state index is 12.9. The zero-order valence-corrected chi connectivity index (χ0v) is 20.4. The Morgan fingerprint density at radius 3 is 2.71 bits per heavy atom. The molecule has 5 rings (SSSR count). The second-order valence-corrected chi connectivity index (χ2v) is 9.48. The van der Waals surface area contributed by atoms with E-state index in [0.29, 0.717) is 17.0 Å². The van der Waals surface area contributed by atoms with Gasteiger partial charge in [0.05, 0.1) is 30.1 Å². The van der Waals surface area contributed by atoms with Crippen molar-refractivity contribution in [2.45, 2.75) is 19.4 Å². The summed E-state index contributed by atoms with van der Waals surface area (Å²) in [5, 5.41) is 8.84. The lowest BCUT2D eigenvalue weighted by Gasteiger charge is -2.40. The number of aliphatic imine (C=N–C) groups is 1. The molecular formula is C27H26N4O3S. The number of hydrogen-bond donors (Lipinski definition) is 2. The van der Waals surface area contributed by atoms with Crippen molar-refractivity contribution in [1.82, 2.24) is 4.90 Å². The lowest BCUT2D eigenvalue weighted by molar-refractivity contribution is -0.136. The molecule has 0 saturated carbocycles. The van der Waals surface area contributed by atoms with Crippen LogP contribution < -0.4 is 10.6 Å². The highest BCUT2D eigenvalue weighted by atomic mass is 32.2. The monoisotopic (exact) mass is 486 g/mol. The van der Waals surface area contributed by atoms with E-state index in [9.17, 15) is 9.59 Å². The SMILES string of the molecule is COC(=O)C1=C(C)N=C2SCCCN2C1c1cccc(NC(=O)Nc2cccc3ccccc23)c1. The molecule has 1 saturated heterocycles. The van der Waals surface area contributed by atoms with Crippen LogP contribution in [-0.2, 0) is 9.53 Å². The van der Waals surface area contributed by atoms with Crippen molar-refractivity contribution in [3.05, 3.63) is 83.6 Å². The fraction of sp³-hybridized carbons (Fsp3) is 0.222. The zero-order chi connectivity index (χ0) is 24.4. The number of nitrogens with zero attached hydrogens (tertiary/aromatic N) is 2. The third kappa shape index (κ3) is 4.61. The molecule has 178 valence electrons. The number of nitrogens with one attached hydrogen (secondary N) is 2. The summed E-state index contributed by atoms with van der Waals surface area (Å²) in [7, 11) is 1.39. The second kappa shape index (κ2) is 9.84. The van der Waals surface area contributed by atoms with Gasteiger partial charge in [0, 0.05) is 23.4 Å². The molecular weight excluding hydrogens is 460 g/mol. The molecule has 1 atom stereocenters. The number of esters is 1. The van der Waals surface area contributed by atoms with E-state index in [4.69, 9.17) is 4.74 Å². The molecule has 0 radical (unpaired) electrons. The highest BCUT2D eigenvalue weighted by Gasteiger charge is 2.37. The van der Waals surface area contributed by atoms with Crippen LogP contribution in [0.25, 0.3) is 10.8 Å². The first-order valence-electron chi connectivity index (χ1n) is 11.5. The largest absolute Gasteiger partial charge is 0.466 e. The van der Waals surface area contributed by atoms with Crippen LogP contribution in [0, 0.1) is 0 Å². The Morgan fingerprint density at radius 1 is 1.06 bits per heavy atom. The molecule has 0 aliphatic carbocycles. The number of benzene rings is 3. The number of hydrogen-bond acceptors (Lipinski definition) is 6. The highest BCUT2D eigenvalue weighted by Crippen LogP contribution is 2.40. The molecule has 2 amide bonds. The summed E-state index contributed by atoms with van der Waals surface area (Å²) in [5.74, 6) is 0.608. The van der Waals surface area contributed by atoms with Gasteiger partial charge in [-0.3, -0.25) is 0 Å². The first-order chi connectivity index (χ1) is 17.0. The standard InChI is InChI=1S/C27H26N4O3S/c1-17-23(25(32)34-2)24(31-14-7-15-35-27(31)28-17)19-10-5-11-20(16-19)29-26(33)30-22-13-6-9-18-8-3-4-12-21(18)22/h3-6,8-13,16,24H,7,14-15H2,1-2H3,(H2,29,30,33). The summed E-state index contributed by atoms with van der Waals surface area (Å²) in [6, 6.07) is 20.7. The average Bonchev–Trinajstić information content (AvgIpc) is 2.87. The molecule has 1 unspecified atom stereocenters. The van der Waals surface area contributed by atoms with Crippen molar-refractivity contribution >= 4 is 51.1 Å². The Morgan fingerprint density at radius 2 is 1.86 bits per heavy atom. The van der Waals surface area contributed by atoms with Gasteiger partial charge >= 0.3 is 12.0 Å². The maximum absolute atomic E-state index is 12.9. The van der Waals surface area contributed by atoms with Crippen LogP contribution in [0.2, 0.25) is 0 Å². The quantitative estimate of drug-likeness (QED) is 0.457. The smallest absolute Gasteiger partial charge is 0.338 e. The molecule has 2 aliphatic heterocycles. The highest BCUT2D eigenvalue weighted by molar-refractivity contribution is 8.13. The average molecular weight is 487 g/mol. The van der Waals surface area contributed by atoms with E-state index in [2.05, 4.69) is 20.5 Å². The van der Waals surface area contributed by atoms with E-state index in [1.807, 2.05) is 73.7 Å². The minimum atomic E-state index is -0.391. The first kappa shape index (κ1) is 23.0. The summed E-state index contributed by atoms with van der Waals surface area (Å²) in [5.41, 5.74) is 3.45. The van der Waals surface area contributed by atoms with E-state index in [1.54, 1.807) is 11.8 Å². The van der Waals surface area contributed by atoms with E-state index < -0.39 is 5.97 Å². The first-order valence-corrected chi connectivity index (χ1v) is 12.5. The van der Waals surface area contributed by atoms with Gasteiger partial charge in [0.15, 0.2) is 5.17 Å². The molecule has 2 aliphatic rings. The van der Waals surface area contributed by atoms with Crippen molar-refractivity contribution in [3.8, 4) is 0 Å². The molecule has 3 aromatic rings. The van der Waals surface area contributed by atoms with Gasteiger partial charge in [0.2, 0.25) is 0 Å². The van der Waals surface area contributed by atoms with Gasteiger partial charge in [-0.15, -0.1) is 0 Å². The molecule has 1 fully saturated rings. The third-order valence-electron chi connectivity index (χ3n) is 6.16. The van der Waals surface area contributed by atoms with E-state index in [1.165, 1.54) is 7.11 Å². The number of allylic oxidation sites excluding steroid dienone is 1. The van der Waals surface area contributed by atoms with Gasteiger partial charge in [-0.2, -0.15) is 0 Å². The summed E-state index contributed by atoms with van der Waals surface area (Å²) >= 11 is 1.70. The minimum absolute atomic E-state index is 0.328. The Kier molecular flexibility index (Phi) is 6.46. The minimum Gasteiger partial charge on any atom is -0.466 e.